The second-order valence-electron chi connectivity index (χ2n) is 5.92. The molecule has 126 valence electrons. The third-order valence-corrected chi connectivity index (χ3v) is 4.81. The normalized spacial score (nSPS) is 19.5. The van der Waals surface area contributed by atoms with Gasteiger partial charge in [-0.05, 0) is 13.3 Å². The molecule has 2 unspecified atom stereocenters. The molecule has 1 saturated heterocycles. The summed E-state index contributed by atoms with van der Waals surface area (Å²) in [5.74, 6) is -1.67. The van der Waals surface area contributed by atoms with E-state index in [1.807, 2.05) is 12.3 Å². The average molecular weight is 338 g/mol. The molecule has 1 fully saturated rings. The molecule has 2 atom stereocenters. The molecule has 1 aromatic rings. The summed E-state index contributed by atoms with van der Waals surface area (Å²) in [7, 11) is 0. The van der Waals surface area contributed by atoms with Gasteiger partial charge >= 0.3 is 5.97 Å². The van der Waals surface area contributed by atoms with Gasteiger partial charge in [0.2, 0.25) is 5.91 Å². The summed E-state index contributed by atoms with van der Waals surface area (Å²) in [6.07, 6.45) is 1.89. The highest BCUT2D eigenvalue weighted by Gasteiger charge is 2.29. The van der Waals surface area contributed by atoms with E-state index in [-0.39, 0.29) is 30.5 Å². The molecule has 2 heterocycles. The van der Waals surface area contributed by atoms with Crippen LogP contribution in [0.1, 0.15) is 26.7 Å². The Bertz CT molecular complexity index is 575. The van der Waals surface area contributed by atoms with Crippen molar-refractivity contribution in [3.8, 4) is 0 Å². The highest BCUT2D eigenvalue weighted by atomic mass is 32.1. The minimum absolute atomic E-state index is 0.000782. The Kier molecular flexibility index (Phi) is 5.70. The molecule has 23 heavy (non-hydrogen) atoms. The first-order valence-corrected chi connectivity index (χ1v) is 8.49. The predicted octanol–water partition coefficient (Wildman–Crippen LogP) is 1.70. The molecule has 2 rings (SSSR count). The Balaban J connectivity index is 1.86. The van der Waals surface area contributed by atoms with E-state index in [4.69, 9.17) is 10.5 Å². The molecule has 0 radical (unpaired) electrons. The van der Waals surface area contributed by atoms with E-state index in [9.17, 15) is 9.59 Å². The molecule has 8 heteroatoms. The van der Waals surface area contributed by atoms with Gasteiger partial charge in [-0.2, -0.15) is 0 Å². The number of anilines is 1. The lowest BCUT2D eigenvalue weighted by Gasteiger charge is -2.40. The fraction of sp³-hybridized carbons (Fsp3) is 0.600. The summed E-state index contributed by atoms with van der Waals surface area (Å²) in [4.78, 5) is 31.4. The van der Waals surface area contributed by atoms with Gasteiger partial charge in [0.05, 0.1) is 12.3 Å². The van der Waals surface area contributed by atoms with E-state index < -0.39 is 11.9 Å². The Hall–Kier alpha value is -1.96. The zero-order chi connectivity index (χ0) is 17.0. The summed E-state index contributed by atoms with van der Waals surface area (Å²) in [5, 5.41) is 19.6. The number of hydrogen-bond acceptors (Lipinski definition) is 6. The van der Waals surface area contributed by atoms with E-state index in [1.165, 1.54) is 0 Å². The number of hydrogen-bond donors (Lipinski definition) is 2. The maximum atomic E-state index is 12.4. The minimum Gasteiger partial charge on any atom is -0.481 e. The molecule has 1 aliphatic heterocycles. The van der Waals surface area contributed by atoms with E-state index in [0.717, 1.165) is 18.2 Å². The van der Waals surface area contributed by atoms with Crippen molar-refractivity contribution in [3.63, 3.8) is 0 Å². The average Bonchev–Trinajstić information content (AvgIpc) is 3.00. The number of aromatic nitrogens is 1. The number of carboxylic acid groups (broad SMARTS) is 1. The van der Waals surface area contributed by atoms with Crippen LogP contribution >= 0.6 is 11.3 Å². The van der Waals surface area contributed by atoms with E-state index in [2.05, 4.69) is 9.88 Å². The summed E-state index contributed by atoms with van der Waals surface area (Å²) >= 11 is 1.58. The van der Waals surface area contributed by atoms with Crippen LogP contribution in [0.25, 0.3) is 0 Å². The van der Waals surface area contributed by atoms with Crippen LogP contribution in [0.4, 0.5) is 5.13 Å². The number of thiazole rings is 1. The molecule has 7 nitrogen and oxygen atoms in total. The van der Waals surface area contributed by atoms with Crippen LogP contribution in [0.2, 0.25) is 0 Å². The largest absolute Gasteiger partial charge is 0.481 e. The first-order valence-electron chi connectivity index (χ1n) is 7.61. The van der Waals surface area contributed by atoms with Crippen LogP contribution in [0.3, 0.4) is 0 Å². The second kappa shape index (κ2) is 7.54. The van der Waals surface area contributed by atoms with Crippen molar-refractivity contribution in [2.24, 2.45) is 5.92 Å². The van der Waals surface area contributed by atoms with Gasteiger partial charge in [0.1, 0.15) is 0 Å². The zero-order valence-corrected chi connectivity index (χ0v) is 14.2. The number of carbonyl (C=O) groups excluding carboxylic acids is 1. The smallest absolute Gasteiger partial charge is 0.306 e. The van der Waals surface area contributed by atoms with Gasteiger partial charge in [0, 0.05) is 43.0 Å². The maximum absolute atomic E-state index is 12.4. The summed E-state index contributed by atoms with van der Waals surface area (Å²) in [6.45, 7) is 5.58. The van der Waals surface area contributed by atoms with Crippen molar-refractivity contribution in [2.45, 2.75) is 32.7 Å². The lowest BCUT2D eigenvalue weighted by Crippen LogP contribution is -2.54. The zero-order valence-electron chi connectivity index (χ0n) is 13.4. The van der Waals surface area contributed by atoms with Crippen LogP contribution in [0.5, 0.6) is 0 Å². The van der Waals surface area contributed by atoms with Gasteiger partial charge in [-0.25, -0.2) is 4.98 Å². The molecule has 0 saturated carbocycles. The standard InChI is InChI=1S/C15H22N4O3S/c1-10(14(21)22)7-12(16)8-13(20)19-5-4-18(9-11(19)2)15-17-3-6-23-15/h3,6,10-11,16H,4-5,7-9H2,1-2H3,(H,21,22). The number of piperazine rings is 1. The van der Waals surface area contributed by atoms with Crippen LogP contribution in [0, 0.1) is 11.3 Å². The fourth-order valence-electron chi connectivity index (χ4n) is 2.69. The number of rotatable bonds is 6. The van der Waals surface area contributed by atoms with Crippen LogP contribution in [-0.2, 0) is 9.59 Å². The fourth-order valence-corrected chi connectivity index (χ4v) is 3.37. The quantitative estimate of drug-likeness (QED) is 0.770. The Labute approximate surface area is 139 Å². The Morgan fingerprint density at radius 3 is 2.83 bits per heavy atom. The monoisotopic (exact) mass is 338 g/mol. The molecule has 0 spiro atoms. The van der Waals surface area contributed by atoms with Gasteiger partial charge < -0.3 is 20.3 Å². The molecule has 0 bridgehead atoms. The third kappa shape index (κ3) is 4.51. The van der Waals surface area contributed by atoms with Gasteiger partial charge in [0.25, 0.3) is 0 Å². The minimum atomic E-state index is -0.937. The lowest BCUT2D eigenvalue weighted by atomic mass is 10.0. The number of aliphatic carboxylic acids is 1. The number of carbonyl (C=O) groups is 2. The summed E-state index contributed by atoms with van der Waals surface area (Å²) in [6, 6.07) is 0.0462. The Morgan fingerprint density at radius 1 is 1.52 bits per heavy atom. The van der Waals surface area contributed by atoms with Gasteiger partial charge in [0.15, 0.2) is 5.13 Å². The van der Waals surface area contributed by atoms with Crippen LogP contribution < -0.4 is 4.90 Å². The van der Waals surface area contributed by atoms with Gasteiger partial charge in [-0.15, -0.1) is 11.3 Å². The predicted molar refractivity (Wildman–Crippen MR) is 89.3 cm³/mol. The number of carboxylic acids is 1. The van der Waals surface area contributed by atoms with Crippen LogP contribution in [0.15, 0.2) is 11.6 Å². The van der Waals surface area contributed by atoms with Crippen molar-refractivity contribution in [3.05, 3.63) is 11.6 Å². The first kappa shape index (κ1) is 17.4. The van der Waals surface area contributed by atoms with E-state index >= 15 is 0 Å². The topological polar surface area (TPSA) is 97.6 Å². The number of nitrogens with zero attached hydrogens (tertiary/aromatic N) is 3. The molecular weight excluding hydrogens is 316 g/mol. The second-order valence-corrected chi connectivity index (χ2v) is 6.79. The first-order chi connectivity index (χ1) is 10.9. The number of amides is 1. The van der Waals surface area contributed by atoms with Crippen molar-refractivity contribution < 1.29 is 14.7 Å². The van der Waals surface area contributed by atoms with E-state index in [0.29, 0.717) is 6.54 Å². The number of nitrogens with one attached hydrogen (secondary N) is 1. The van der Waals surface area contributed by atoms with Gasteiger partial charge in [-0.3, -0.25) is 9.59 Å². The maximum Gasteiger partial charge on any atom is 0.306 e. The van der Waals surface area contributed by atoms with Crippen molar-refractivity contribution in [1.82, 2.24) is 9.88 Å². The summed E-state index contributed by atoms with van der Waals surface area (Å²) in [5.41, 5.74) is 0.180. The Morgan fingerprint density at radius 2 is 2.26 bits per heavy atom. The van der Waals surface area contributed by atoms with Crippen molar-refractivity contribution in [1.29, 1.82) is 5.41 Å². The van der Waals surface area contributed by atoms with Crippen molar-refractivity contribution in [2.75, 3.05) is 24.5 Å². The highest BCUT2D eigenvalue weighted by molar-refractivity contribution is 7.13. The van der Waals surface area contributed by atoms with E-state index in [1.54, 1.807) is 29.4 Å². The van der Waals surface area contributed by atoms with Crippen LogP contribution in [-0.4, -0.2) is 58.3 Å². The SMILES string of the molecule is CC(CC(=N)CC(=O)N1CCN(c2nccs2)CC1C)C(=O)O. The lowest BCUT2D eigenvalue weighted by molar-refractivity contribution is -0.141. The molecular formula is C15H22N4O3S. The molecule has 0 aliphatic carbocycles. The van der Waals surface area contributed by atoms with Crippen molar-refractivity contribution >= 4 is 34.1 Å². The summed E-state index contributed by atoms with van der Waals surface area (Å²) < 4.78 is 0. The molecule has 1 aromatic heterocycles. The molecule has 1 amide bonds. The molecule has 2 N–H and O–H groups in total. The third-order valence-electron chi connectivity index (χ3n) is 3.98. The molecule has 0 aromatic carbocycles. The van der Waals surface area contributed by atoms with Gasteiger partial charge in [-0.1, -0.05) is 6.92 Å². The molecule has 1 aliphatic rings. The highest BCUT2D eigenvalue weighted by Crippen LogP contribution is 2.21.